The van der Waals surface area contributed by atoms with Crippen molar-refractivity contribution in [3.05, 3.63) is 0 Å². The van der Waals surface area contributed by atoms with Gasteiger partial charge in [0.2, 0.25) is 0 Å². The number of carboxylic acids is 1. The highest BCUT2D eigenvalue weighted by molar-refractivity contribution is 5.83. The molecule has 2 saturated carbocycles. The molecule has 2 fully saturated rings. The summed E-state index contributed by atoms with van der Waals surface area (Å²) in [6, 6.07) is 0. The molecule has 2 bridgehead atoms. The van der Waals surface area contributed by atoms with Gasteiger partial charge in [-0.15, -0.1) is 0 Å². The first-order chi connectivity index (χ1) is 11.3. The fourth-order valence-electron chi connectivity index (χ4n) is 5.32. The Morgan fingerprint density at radius 2 is 1.52 bits per heavy atom. The van der Waals surface area contributed by atoms with Crippen LogP contribution in [-0.2, 0) is 14.3 Å². The lowest BCUT2D eigenvalue weighted by molar-refractivity contribution is -0.173. The fourth-order valence-corrected chi connectivity index (χ4v) is 5.32. The highest BCUT2D eigenvalue weighted by Gasteiger charge is 2.50. The lowest BCUT2D eigenvalue weighted by Crippen LogP contribution is -2.43. The van der Waals surface area contributed by atoms with E-state index >= 15 is 0 Å². The van der Waals surface area contributed by atoms with E-state index in [-0.39, 0.29) is 29.3 Å². The third-order valence-electron chi connectivity index (χ3n) is 5.59. The van der Waals surface area contributed by atoms with Crippen molar-refractivity contribution in [2.75, 3.05) is 0 Å². The molecule has 0 aromatic rings. The summed E-state index contributed by atoms with van der Waals surface area (Å²) < 4.78 is 6.00. The van der Waals surface area contributed by atoms with Crippen molar-refractivity contribution < 1.29 is 19.4 Å². The third kappa shape index (κ3) is 5.46. The molecule has 4 nitrogen and oxygen atoms in total. The Hall–Kier alpha value is -1.06. The van der Waals surface area contributed by atoms with Crippen LogP contribution >= 0.6 is 0 Å². The molecule has 2 aliphatic rings. The molecular formula is C21H36O4. The molecule has 3 atom stereocenters. The van der Waals surface area contributed by atoms with Gasteiger partial charge in [-0.25, -0.2) is 0 Å². The molecule has 3 unspecified atom stereocenters. The number of esters is 1. The summed E-state index contributed by atoms with van der Waals surface area (Å²) in [7, 11) is 0. The fraction of sp³-hybridized carbons (Fsp3) is 0.905. The molecule has 4 heteroatoms. The molecule has 0 aliphatic heterocycles. The van der Waals surface area contributed by atoms with Crippen molar-refractivity contribution in [2.45, 2.75) is 92.6 Å². The minimum absolute atomic E-state index is 0.000596. The summed E-state index contributed by atoms with van der Waals surface area (Å²) in [6.45, 7) is 12.4. The summed E-state index contributed by atoms with van der Waals surface area (Å²) >= 11 is 0. The molecule has 0 saturated heterocycles. The molecule has 2 aliphatic carbocycles. The van der Waals surface area contributed by atoms with Crippen LogP contribution in [-0.4, -0.2) is 23.1 Å². The van der Waals surface area contributed by atoms with E-state index < -0.39 is 11.4 Å². The molecule has 0 aromatic carbocycles. The zero-order chi connectivity index (χ0) is 19.0. The van der Waals surface area contributed by atoms with Gasteiger partial charge in [-0.05, 0) is 61.2 Å². The smallest absolute Gasteiger partial charge is 0.312 e. The van der Waals surface area contributed by atoms with E-state index in [1.54, 1.807) is 0 Å². The first-order valence-electron chi connectivity index (χ1n) is 9.73. The Morgan fingerprint density at radius 1 is 0.960 bits per heavy atom. The Bertz CT molecular complexity index is 493. The first-order valence-corrected chi connectivity index (χ1v) is 9.73. The molecule has 0 spiro atoms. The number of rotatable bonds is 6. The molecule has 0 amide bonds. The SMILES string of the molecule is CC(C)(C)CC(CC(=O)O)(CC(C)(C)C)C(=O)OC1CC2CCC1C2. The number of carboxylic acid groups (broad SMARTS) is 1. The van der Waals surface area contributed by atoms with Crippen molar-refractivity contribution in [1.29, 1.82) is 0 Å². The maximum absolute atomic E-state index is 13.3. The van der Waals surface area contributed by atoms with E-state index in [9.17, 15) is 14.7 Å². The maximum atomic E-state index is 13.3. The molecule has 0 radical (unpaired) electrons. The predicted octanol–water partition coefficient (Wildman–Crippen LogP) is 5.05. The van der Waals surface area contributed by atoms with Gasteiger partial charge in [0.15, 0.2) is 0 Å². The molecule has 144 valence electrons. The topological polar surface area (TPSA) is 63.6 Å². The second-order valence-corrected chi connectivity index (χ2v) is 10.9. The summed E-state index contributed by atoms with van der Waals surface area (Å²) in [5.74, 6) is -0.0154. The Labute approximate surface area is 152 Å². The van der Waals surface area contributed by atoms with Gasteiger partial charge >= 0.3 is 11.9 Å². The van der Waals surface area contributed by atoms with E-state index in [4.69, 9.17) is 4.74 Å². The molecule has 1 N–H and O–H groups in total. The molecule has 0 aromatic heterocycles. The molecule has 0 heterocycles. The van der Waals surface area contributed by atoms with Gasteiger partial charge in [-0.2, -0.15) is 0 Å². The number of ether oxygens (including phenoxy) is 1. The summed E-state index contributed by atoms with van der Waals surface area (Å²) in [4.78, 5) is 25.0. The summed E-state index contributed by atoms with van der Waals surface area (Å²) in [5.41, 5.74) is -1.24. The van der Waals surface area contributed by atoms with E-state index in [0.29, 0.717) is 24.7 Å². The largest absolute Gasteiger partial charge is 0.481 e. The zero-order valence-corrected chi connectivity index (χ0v) is 16.9. The quantitative estimate of drug-likeness (QED) is 0.679. The average Bonchev–Trinajstić information content (AvgIpc) is 2.95. The number of aliphatic carboxylic acids is 1. The third-order valence-corrected chi connectivity index (χ3v) is 5.59. The Balaban J connectivity index is 2.26. The standard InChI is InChI=1S/C21H36O4/c1-19(2,3)12-21(11-17(22)23,13-20(4,5)6)18(24)25-16-10-14-7-8-15(16)9-14/h14-16H,7-13H2,1-6H3,(H,22,23). The second kappa shape index (κ2) is 6.92. The average molecular weight is 353 g/mol. The number of carbonyl (C=O) groups excluding carboxylic acids is 1. The molecular weight excluding hydrogens is 316 g/mol. The van der Waals surface area contributed by atoms with Crippen LogP contribution in [0.25, 0.3) is 0 Å². The van der Waals surface area contributed by atoms with Gasteiger partial charge in [-0.3, -0.25) is 9.59 Å². The summed E-state index contributed by atoms with van der Waals surface area (Å²) in [5, 5.41) is 9.55. The van der Waals surface area contributed by atoms with Gasteiger partial charge in [-0.1, -0.05) is 41.5 Å². The lowest BCUT2D eigenvalue weighted by Gasteiger charge is -2.41. The summed E-state index contributed by atoms with van der Waals surface area (Å²) in [6.07, 6.45) is 5.44. The molecule has 25 heavy (non-hydrogen) atoms. The number of carbonyl (C=O) groups is 2. The van der Waals surface area contributed by atoms with Gasteiger partial charge in [0.1, 0.15) is 6.10 Å². The maximum Gasteiger partial charge on any atom is 0.312 e. The number of fused-ring (bicyclic) bond motifs is 2. The minimum Gasteiger partial charge on any atom is -0.481 e. The van der Waals surface area contributed by atoms with Crippen LogP contribution in [0.1, 0.15) is 86.5 Å². The first kappa shape index (κ1) is 20.3. The van der Waals surface area contributed by atoms with Crippen LogP contribution in [0.3, 0.4) is 0 Å². The van der Waals surface area contributed by atoms with Crippen molar-refractivity contribution in [3.63, 3.8) is 0 Å². The normalized spacial score (nSPS) is 26.7. The highest BCUT2D eigenvalue weighted by Crippen LogP contribution is 2.49. The number of hydrogen-bond acceptors (Lipinski definition) is 3. The van der Waals surface area contributed by atoms with Gasteiger partial charge in [0.25, 0.3) is 0 Å². The number of hydrogen-bond donors (Lipinski definition) is 1. The minimum atomic E-state index is -0.954. The van der Waals surface area contributed by atoms with Crippen LogP contribution in [0.4, 0.5) is 0 Å². The van der Waals surface area contributed by atoms with E-state index in [0.717, 1.165) is 12.8 Å². The van der Waals surface area contributed by atoms with Gasteiger partial charge < -0.3 is 9.84 Å². The van der Waals surface area contributed by atoms with Crippen LogP contribution in [0.2, 0.25) is 0 Å². The van der Waals surface area contributed by atoms with Crippen LogP contribution in [0.5, 0.6) is 0 Å². The Kier molecular flexibility index (Phi) is 5.61. The zero-order valence-electron chi connectivity index (χ0n) is 16.9. The monoisotopic (exact) mass is 352 g/mol. The van der Waals surface area contributed by atoms with E-state index in [1.807, 2.05) is 0 Å². The van der Waals surface area contributed by atoms with Crippen LogP contribution in [0, 0.1) is 28.1 Å². The van der Waals surface area contributed by atoms with Gasteiger partial charge in [0.05, 0.1) is 11.8 Å². The molecule has 2 rings (SSSR count). The van der Waals surface area contributed by atoms with E-state index in [1.165, 1.54) is 12.8 Å². The van der Waals surface area contributed by atoms with Crippen molar-refractivity contribution >= 4 is 11.9 Å². The van der Waals surface area contributed by atoms with Crippen LogP contribution < -0.4 is 0 Å². The van der Waals surface area contributed by atoms with E-state index in [2.05, 4.69) is 41.5 Å². The van der Waals surface area contributed by atoms with Gasteiger partial charge in [0, 0.05) is 0 Å². The second-order valence-electron chi connectivity index (χ2n) is 10.9. The van der Waals surface area contributed by atoms with Crippen LogP contribution in [0.15, 0.2) is 0 Å². The lowest BCUT2D eigenvalue weighted by atomic mass is 9.64. The Morgan fingerprint density at radius 3 is 1.88 bits per heavy atom. The van der Waals surface area contributed by atoms with Crippen molar-refractivity contribution in [1.82, 2.24) is 0 Å². The van der Waals surface area contributed by atoms with Crippen molar-refractivity contribution in [2.24, 2.45) is 28.1 Å². The predicted molar refractivity (Wildman–Crippen MR) is 98.2 cm³/mol. The van der Waals surface area contributed by atoms with Crippen molar-refractivity contribution in [3.8, 4) is 0 Å². The highest BCUT2D eigenvalue weighted by atomic mass is 16.5.